The molecule has 1 saturated carbocycles. The number of allylic oxidation sites excluding steroid dienone is 3. The summed E-state index contributed by atoms with van der Waals surface area (Å²) in [6.45, 7) is 6.22. The van der Waals surface area contributed by atoms with E-state index in [1.165, 1.54) is 14.2 Å². The lowest BCUT2D eigenvalue weighted by Gasteiger charge is -2.30. The maximum atomic E-state index is 12.4. The number of carbonyl (C=O) groups is 3. The molecule has 0 spiro atoms. The number of ether oxygens (including phenoxy) is 2. The molecule has 1 fully saturated rings. The lowest BCUT2D eigenvalue weighted by atomic mass is 9.72. The van der Waals surface area contributed by atoms with E-state index in [-0.39, 0.29) is 17.3 Å². The molecule has 0 aromatic carbocycles. The molecule has 5 heteroatoms. The van der Waals surface area contributed by atoms with Gasteiger partial charge in [0.25, 0.3) is 0 Å². The quantitative estimate of drug-likeness (QED) is 0.442. The SMILES string of the molecule is C=C1CC[C@@]2(C)C=C[C@H](C(C(=O)CC(=O)OC)C(=O)OC)[C@@H]12. The topological polar surface area (TPSA) is 69.7 Å². The van der Waals surface area contributed by atoms with Gasteiger partial charge in [0.15, 0.2) is 5.78 Å². The van der Waals surface area contributed by atoms with Gasteiger partial charge in [-0.2, -0.15) is 0 Å². The van der Waals surface area contributed by atoms with Gasteiger partial charge in [0, 0.05) is 5.92 Å². The Labute approximate surface area is 130 Å². The zero-order chi connectivity index (χ0) is 16.5. The highest BCUT2D eigenvalue weighted by molar-refractivity contribution is 6.06. The molecule has 2 aliphatic carbocycles. The van der Waals surface area contributed by atoms with Gasteiger partial charge in [-0.15, -0.1) is 0 Å². The minimum Gasteiger partial charge on any atom is -0.469 e. The highest BCUT2D eigenvalue weighted by Crippen LogP contribution is 2.56. The molecule has 2 rings (SSSR count). The van der Waals surface area contributed by atoms with E-state index < -0.39 is 30.1 Å². The molecule has 2 aliphatic rings. The van der Waals surface area contributed by atoms with E-state index in [4.69, 9.17) is 4.74 Å². The van der Waals surface area contributed by atoms with Crippen LogP contribution in [0, 0.1) is 23.2 Å². The average molecular weight is 306 g/mol. The van der Waals surface area contributed by atoms with Gasteiger partial charge in [-0.3, -0.25) is 14.4 Å². The van der Waals surface area contributed by atoms with Crippen molar-refractivity contribution in [3.05, 3.63) is 24.3 Å². The van der Waals surface area contributed by atoms with E-state index in [2.05, 4.69) is 24.3 Å². The van der Waals surface area contributed by atoms with Crippen LogP contribution in [0.3, 0.4) is 0 Å². The van der Waals surface area contributed by atoms with Crippen molar-refractivity contribution in [2.75, 3.05) is 14.2 Å². The maximum absolute atomic E-state index is 12.4. The molecule has 22 heavy (non-hydrogen) atoms. The van der Waals surface area contributed by atoms with Gasteiger partial charge in [-0.25, -0.2) is 0 Å². The third-order valence-electron chi connectivity index (χ3n) is 4.95. The number of methoxy groups -OCH3 is 2. The number of hydrogen-bond donors (Lipinski definition) is 0. The third kappa shape index (κ3) is 2.72. The number of Topliss-reactive ketones (excluding diaryl/α,β-unsaturated/α-hetero) is 1. The predicted octanol–water partition coefficient (Wildman–Crippen LogP) is 2.07. The third-order valence-corrected chi connectivity index (χ3v) is 4.95. The highest BCUT2D eigenvalue weighted by Gasteiger charge is 2.52. The van der Waals surface area contributed by atoms with Crippen LogP contribution in [0.5, 0.6) is 0 Å². The molecule has 0 N–H and O–H groups in total. The number of fused-ring (bicyclic) bond motifs is 1. The van der Waals surface area contributed by atoms with Crippen molar-refractivity contribution in [3.8, 4) is 0 Å². The summed E-state index contributed by atoms with van der Waals surface area (Å²) in [5.74, 6) is -2.96. The number of esters is 2. The van der Waals surface area contributed by atoms with Crippen LogP contribution in [-0.2, 0) is 23.9 Å². The van der Waals surface area contributed by atoms with E-state index in [9.17, 15) is 14.4 Å². The molecule has 1 unspecified atom stereocenters. The van der Waals surface area contributed by atoms with Gasteiger partial charge in [-0.05, 0) is 24.2 Å². The van der Waals surface area contributed by atoms with Gasteiger partial charge in [-0.1, -0.05) is 31.2 Å². The van der Waals surface area contributed by atoms with Crippen LogP contribution in [0.2, 0.25) is 0 Å². The van der Waals surface area contributed by atoms with Crippen molar-refractivity contribution < 1.29 is 23.9 Å². The van der Waals surface area contributed by atoms with Crippen molar-refractivity contribution >= 4 is 17.7 Å². The Morgan fingerprint density at radius 3 is 2.64 bits per heavy atom. The fourth-order valence-corrected chi connectivity index (χ4v) is 3.81. The first-order valence-corrected chi connectivity index (χ1v) is 7.38. The summed E-state index contributed by atoms with van der Waals surface area (Å²) >= 11 is 0. The minimum absolute atomic E-state index is 0.0400. The summed E-state index contributed by atoms with van der Waals surface area (Å²) in [5.41, 5.74) is 0.983. The average Bonchev–Trinajstić information content (AvgIpc) is 2.96. The van der Waals surface area contributed by atoms with Crippen molar-refractivity contribution in [2.24, 2.45) is 23.2 Å². The number of carbonyl (C=O) groups excluding carboxylic acids is 3. The lowest BCUT2D eigenvalue weighted by molar-refractivity contribution is -0.153. The number of ketones is 1. The molecule has 0 heterocycles. The Hall–Kier alpha value is -1.91. The largest absolute Gasteiger partial charge is 0.469 e. The van der Waals surface area contributed by atoms with Crippen LogP contribution < -0.4 is 0 Å². The Morgan fingerprint density at radius 2 is 2.05 bits per heavy atom. The van der Waals surface area contributed by atoms with Crippen molar-refractivity contribution in [2.45, 2.75) is 26.2 Å². The second-order valence-corrected chi connectivity index (χ2v) is 6.30. The zero-order valence-corrected chi connectivity index (χ0v) is 13.3. The molecule has 0 bridgehead atoms. The van der Waals surface area contributed by atoms with E-state index in [1.807, 2.05) is 6.08 Å². The van der Waals surface area contributed by atoms with E-state index in [0.717, 1.165) is 18.4 Å². The van der Waals surface area contributed by atoms with Crippen LogP contribution in [-0.4, -0.2) is 31.9 Å². The minimum atomic E-state index is -0.984. The fraction of sp³-hybridized carbons (Fsp3) is 0.588. The van der Waals surface area contributed by atoms with Crippen LogP contribution >= 0.6 is 0 Å². The molecular weight excluding hydrogens is 284 g/mol. The van der Waals surface area contributed by atoms with Crippen LogP contribution in [0.15, 0.2) is 24.3 Å². The van der Waals surface area contributed by atoms with Crippen LogP contribution in [0.4, 0.5) is 0 Å². The molecule has 0 amide bonds. The molecule has 0 aromatic heterocycles. The Balaban J connectivity index is 2.29. The van der Waals surface area contributed by atoms with E-state index in [0.29, 0.717) is 0 Å². The lowest BCUT2D eigenvalue weighted by Crippen LogP contribution is -2.37. The predicted molar refractivity (Wildman–Crippen MR) is 79.7 cm³/mol. The first-order valence-electron chi connectivity index (χ1n) is 7.38. The van der Waals surface area contributed by atoms with E-state index in [1.54, 1.807) is 0 Å². The molecule has 0 radical (unpaired) electrons. The van der Waals surface area contributed by atoms with Gasteiger partial charge in [0.2, 0.25) is 0 Å². The molecule has 120 valence electrons. The zero-order valence-electron chi connectivity index (χ0n) is 13.3. The van der Waals surface area contributed by atoms with Crippen molar-refractivity contribution in [3.63, 3.8) is 0 Å². The van der Waals surface area contributed by atoms with Gasteiger partial charge >= 0.3 is 11.9 Å². The second-order valence-electron chi connectivity index (χ2n) is 6.30. The monoisotopic (exact) mass is 306 g/mol. The normalized spacial score (nSPS) is 30.8. The standard InChI is InChI=1S/C17H22O5/c1-10-5-7-17(2)8-6-11(15(10)17)14(16(20)22-4)12(18)9-13(19)21-3/h6,8,11,14-15H,1,5,7,9H2,2-4H3/t11-,14?,15-,17+/m1/s1. The maximum Gasteiger partial charge on any atom is 0.316 e. The summed E-state index contributed by atoms with van der Waals surface area (Å²) in [6.07, 6.45) is 5.41. The van der Waals surface area contributed by atoms with Crippen LogP contribution in [0.1, 0.15) is 26.2 Å². The first-order chi connectivity index (χ1) is 10.3. The first kappa shape index (κ1) is 16.5. The summed E-state index contributed by atoms with van der Waals surface area (Å²) in [6, 6.07) is 0. The van der Waals surface area contributed by atoms with Gasteiger partial charge in [0.05, 0.1) is 14.2 Å². The van der Waals surface area contributed by atoms with Gasteiger partial charge < -0.3 is 9.47 Å². The molecule has 0 aromatic rings. The Bertz CT molecular complexity index is 547. The molecular formula is C17H22O5. The van der Waals surface area contributed by atoms with E-state index >= 15 is 0 Å². The molecule has 4 atom stereocenters. The smallest absolute Gasteiger partial charge is 0.316 e. The Morgan fingerprint density at radius 1 is 1.36 bits per heavy atom. The van der Waals surface area contributed by atoms with Crippen LogP contribution in [0.25, 0.3) is 0 Å². The number of hydrogen-bond acceptors (Lipinski definition) is 5. The van der Waals surface area contributed by atoms with Crippen molar-refractivity contribution in [1.29, 1.82) is 0 Å². The highest BCUT2D eigenvalue weighted by atomic mass is 16.5. The molecule has 0 aliphatic heterocycles. The summed E-state index contributed by atoms with van der Waals surface area (Å²) in [4.78, 5) is 36.0. The number of rotatable bonds is 5. The molecule has 5 nitrogen and oxygen atoms in total. The Kier molecular flexibility index (Phi) is 4.54. The summed E-state index contributed by atoms with van der Waals surface area (Å²) in [5, 5.41) is 0. The van der Waals surface area contributed by atoms with Crippen molar-refractivity contribution in [1.82, 2.24) is 0 Å². The fourth-order valence-electron chi connectivity index (χ4n) is 3.81. The van der Waals surface area contributed by atoms with Gasteiger partial charge in [0.1, 0.15) is 12.3 Å². The summed E-state index contributed by atoms with van der Waals surface area (Å²) < 4.78 is 9.33. The second kappa shape index (κ2) is 6.07. The molecule has 0 saturated heterocycles. The summed E-state index contributed by atoms with van der Waals surface area (Å²) in [7, 11) is 2.47.